The van der Waals surface area contributed by atoms with Gasteiger partial charge in [0.25, 0.3) is 5.91 Å². The Labute approximate surface area is 145 Å². The second-order valence-electron chi connectivity index (χ2n) is 6.06. The van der Waals surface area contributed by atoms with Crippen LogP contribution in [0.2, 0.25) is 5.02 Å². The number of aromatic nitrogens is 2. The van der Waals surface area contributed by atoms with Crippen molar-refractivity contribution >= 4 is 33.0 Å². The summed E-state index contributed by atoms with van der Waals surface area (Å²) in [6.07, 6.45) is 2.02. The number of nitrogens with zero attached hydrogens (tertiary/aromatic N) is 2. The lowest BCUT2D eigenvalue weighted by atomic mass is 10.1. The molecule has 1 N–H and O–H groups in total. The highest BCUT2D eigenvalue weighted by Gasteiger charge is 2.31. The zero-order chi connectivity index (χ0) is 17.5. The van der Waals surface area contributed by atoms with Crippen molar-refractivity contribution in [2.24, 2.45) is 0 Å². The summed E-state index contributed by atoms with van der Waals surface area (Å²) in [6.45, 7) is 3.64. The van der Waals surface area contributed by atoms with Crippen LogP contribution in [-0.4, -0.2) is 35.6 Å². The summed E-state index contributed by atoms with van der Waals surface area (Å²) in [5.41, 5.74) is 2.65. The zero-order valence-corrected chi connectivity index (χ0v) is 15.0. The molecule has 8 heteroatoms. The van der Waals surface area contributed by atoms with Crippen molar-refractivity contribution in [3.05, 3.63) is 46.2 Å². The number of aryl methyl sites for hydroxylation is 1. The van der Waals surface area contributed by atoms with Crippen LogP contribution < -0.4 is 5.32 Å². The molecule has 1 amide bonds. The lowest BCUT2D eigenvalue weighted by molar-refractivity contribution is 0.102. The molecule has 3 rings (SSSR count). The van der Waals surface area contributed by atoms with E-state index in [0.717, 1.165) is 5.56 Å². The maximum atomic E-state index is 12.5. The molecule has 1 aromatic carbocycles. The predicted octanol–water partition coefficient (Wildman–Crippen LogP) is 2.77. The zero-order valence-electron chi connectivity index (χ0n) is 13.4. The standard InChI is InChI=1S/C16H18ClN3O3S/c1-10-7-12(17)3-4-15(10)19-16(21)14-8-18-20(11(14)2)13-5-6-24(22,23)9-13/h3-4,7-8,13H,5-6,9H2,1-2H3,(H,19,21). The summed E-state index contributed by atoms with van der Waals surface area (Å²) in [5, 5.41) is 7.69. The molecule has 1 atom stereocenters. The van der Waals surface area contributed by atoms with E-state index in [1.54, 1.807) is 29.8 Å². The minimum absolute atomic E-state index is 0.0763. The van der Waals surface area contributed by atoms with Crippen molar-refractivity contribution in [2.45, 2.75) is 26.3 Å². The van der Waals surface area contributed by atoms with Crippen LogP contribution in [0.4, 0.5) is 5.69 Å². The number of nitrogens with one attached hydrogen (secondary N) is 1. The Morgan fingerprint density at radius 3 is 2.75 bits per heavy atom. The van der Waals surface area contributed by atoms with Gasteiger partial charge in [0.1, 0.15) is 0 Å². The molecule has 24 heavy (non-hydrogen) atoms. The number of hydrogen-bond acceptors (Lipinski definition) is 4. The van der Waals surface area contributed by atoms with Gasteiger partial charge in [-0.2, -0.15) is 5.10 Å². The first-order valence-corrected chi connectivity index (χ1v) is 9.79. The van der Waals surface area contributed by atoms with Gasteiger partial charge in [0, 0.05) is 16.4 Å². The van der Waals surface area contributed by atoms with Crippen molar-refractivity contribution in [1.82, 2.24) is 9.78 Å². The molecule has 1 saturated heterocycles. The number of carbonyl (C=O) groups is 1. The molecule has 0 saturated carbocycles. The van der Waals surface area contributed by atoms with Crippen LogP contribution in [0.3, 0.4) is 0 Å². The molecule has 1 aromatic heterocycles. The summed E-state index contributed by atoms with van der Waals surface area (Å²) >= 11 is 5.92. The van der Waals surface area contributed by atoms with Gasteiger partial charge < -0.3 is 5.32 Å². The monoisotopic (exact) mass is 367 g/mol. The van der Waals surface area contributed by atoms with E-state index < -0.39 is 9.84 Å². The smallest absolute Gasteiger partial charge is 0.259 e. The van der Waals surface area contributed by atoms with Crippen molar-refractivity contribution in [3.8, 4) is 0 Å². The quantitative estimate of drug-likeness (QED) is 0.904. The van der Waals surface area contributed by atoms with E-state index in [0.29, 0.717) is 28.4 Å². The molecule has 1 aliphatic rings. The number of anilines is 1. The average Bonchev–Trinajstić information content (AvgIpc) is 3.04. The van der Waals surface area contributed by atoms with Crippen LogP contribution >= 0.6 is 11.6 Å². The van der Waals surface area contributed by atoms with E-state index in [1.165, 1.54) is 6.20 Å². The molecule has 0 spiro atoms. The fourth-order valence-corrected chi connectivity index (χ4v) is 4.86. The molecule has 0 bridgehead atoms. The van der Waals surface area contributed by atoms with Crippen molar-refractivity contribution in [1.29, 1.82) is 0 Å². The summed E-state index contributed by atoms with van der Waals surface area (Å²) in [4.78, 5) is 12.5. The fourth-order valence-electron chi connectivity index (χ4n) is 2.94. The number of benzene rings is 1. The van der Waals surface area contributed by atoms with Gasteiger partial charge in [-0.25, -0.2) is 8.42 Å². The highest BCUT2D eigenvalue weighted by atomic mass is 35.5. The van der Waals surface area contributed by atoms with Gasteiger partial charge in [-0.05, 0) is 44.0 Å². The Kier molecular flexibility index (Phi) is 4.40. The first-order valence-electron chi connectivity index (χ1n) is 7.59. The van der Waals surface area contributed by atoms with Crippen LogP contribution in [0.1, 0.15) is 34.1 Å². The number of carbonyl (C=O) groups excluding carboxylic acids is 1. The molecule has 0 aliphatic carbocycles. The van der Waals surface area contributed by atoms with Crippen LogP contribution in [-0.2, 0) is 9.84 Å². The first kappa shape index (κ1) is 17.0. The molecule has 2 heterocycles. The maximum Gasteiger partial charge on any atom is 0.259 e. The number of rotatable bonds is 3. The third kappa shape index (κ3) is 3.32. The van der Waals surface area contributed by atoms with Gasteiger partial charge in [0.15, 0.2) is 9.84 Å². The van der Waals surface area contributed by atoms with Crippen LogP contribution in [0, 0.1) is 13.8 Å². The van der Waals surface area contributed by atoms with Gasteiger partial charge in [0.05, 0.1) is 29.3 Å². The van der Waals surface area contributed by atoms with Gasteiger partial charge in [-0.3, -0.25) is 9.48 Å². The molecule has 128 valence electrons. The molecule has 6 nitrogen and oxygen atoms in total. The van der Waals surface area contributed by atoms with Gasteiger partial charge in [-0.15, -0.1) is 0 Å². The summed E-state index contributed by atoms with van der Waals surface area (Å²) in [7, 11) is -3.00. The van der Waals surface area contributed by atoms with Crippen molar-refractivity contribution in [3.63, 3.8) is 0 Å². The lowest BCUT2D eigenvalue weighted by Gasteiger charge is -2.12. The Balaban J connectivity index is 1.81. The molecule has 1 fully saturated rings. The number of hydrogen-bond donors (Lipinski definition) is 1. The minimum atomic E-state index is -3.00. The average molecular weight is 368 g/mol. The normalized spacial score (nSPS) is 19.4. The maximum absolute atomic E-state index is 12.5. The summed E-state index contributed by atoms with van der Waals surface area (Å²) in [5.74, 6) is -0.0277. The minimum Gasteiger partial charge on any atom is -0.322 e. The number of halogens is 1. The van der Waals surface area contributed by atoms with E-state index in [1.807, 2.05) is 6.92 Å². The molecule has 1 aliphatic heterocycles. The largest absolute Gasteiger partial charge is 0.322 e. The molecular formula is C16H18ClN3O3S. The van der Waals surface area contributed by atoms with Gasteiger partial charge in [-0.1, -0.05) is 11.6 Å². The third-order valence-electron chi connectivity index (χ3n) is 4.28. The number of sulfone groups is 1. The highest BCUT2D eigenvalue weighted by molar-refractivity contribution is 7.91. The Morgan fingerprint density at radius 2 is 2.12 bits per heavy atom. The van der Waals surface area contributed by atoms with Crippen molar-refractivity contribution < 1.29 is 13.2 Å². The molecule has 0 radical (unpaired) electrons. The molecule has 1 unspecified atom stereocenters. The fraction of sp³-hybridized carbons (Fsp3) is 0.375. The summed E-state index contributed by atoms with van der Waals surface area (Å²) in [6, 6.07) is 5.04. The van der Waals surface area contributed by atoms with Crippen LogP contribution in [0.5, 0.6) is 0 Å². The van der Waals surface area contributed by atoms with E-state index >= 15 is 0 Å². The van der Waals surface area contributed by atoms with Crippen LogP contribution in [0.25, 0.3) is 0 Å². The van der Waals surface area contributed by atoms with E-state index in [9.17, 15) is 13.2 Å². The van der Waals surface area contributed by atoms with E-state index in [4.69, 9.17) is 11.6 Å². The van der Waals surface area contributed by atoms with Gasteiger partial charge >= 0.3 is 0 Å². The Hall–Kier alpha value is -1.86. The van der Waals surface area contributed by atoms with Crippen LogP contribution in [0.15, 0.2) is 24.4 Å². The van der Waals surface area contributed by atoms with Crippen molar-refractivity contribution in [2.75, 3.05) is 16.8 Å². The number of amides is 1. The van der Waals surface area contributed by atoms with E-state index in [-0.39, 0.29) is 23.5 Å². The SMILES string of the molecule is Cc1cc(Cl)ccc1NC(=O)c1cnn(C2CCS(=O)(=O)C2)c1C. The second-order valence-corrected chi connectivity index (χ2v) is 8.72. The third-order valence-corrected chi connectivity index (χ3v) is 6.27. The first-order chi connectivity index (χ1) is 11.3. The topological polar surface area (TPSA) is 81.1 Å². The lowest BCUT2D eigenvalue weighted by Crippen LogP contribution is -2.16. The second kappa shape index (κ2) is 6.22. The Bertz CT molecular complexity index is 905. The van der Waals surface area contributed by atoms with E-state index in [2.05, 4.69) is 10.4 Å². The molecular weight excluding hydrogens is 350 g/mol. The highest BCUT2D eigenvalue weighted by Crippen LogP contribution is 2.26. The molecule has 2 aromatic rings. The predicted molar refractivity (Wildman–Crippen MR) is 93.4 cm³/mol. The van der Waals surface area contributed by atoms with Gasteiger partial charge in [0.2, 0.25) is 0 Å². The Morgan fingerprint density at radius 1 is 1.38 bits per heavy atom. The summed E-state index contributed by atoms with van der Waals surface area (Å²) < 4.78 is 24.9.